The maximum atomic E-state index is 11.8. The molecule has 19 heavy (non-hydrogen) atoms. The fourth-order valence-electron chi connectivity index (χ4n) is 1.56. The molecule has 0 atom stereocenters. The van der Waals surface area contributed by atoms with Gasteiger partial charge in [0.15, 0.2) is 0 Å². The topological polar surface area (TPSA) is 59.6 Å². The highest BCUT2D eigenvalue weighted by molar-refractivity contribution is 5.94. The van der Waals surface area contributed by atoms with Crippen LogP contribution >= 0.6 is 0 Å². The van der Waals surface area contributed by atoms with Gasteiger partial charge in [0.05, 0.1) is 19.8 Å². The molecule has 0 bridgehead atoms. The monoisotopic (exact) mass is 266 g/mol. The summed E-state index contributed by atoms with van der Waals surface area (Å²) in [7, 11) is 3.52. The first kappa shape index (κ1) is 15.6. The molecule has 1 amide bonds. The zero-order chi connectivity index (χ0) is 13.9. The van der Waals surface area contributed by atoms with Gasteiger partial charge in [-0.1, -0.05) is 12.1 Å². The van der Waals surface area contributed by atoms with Gasteiger partial charge in [0.2, 0.25) is 0 Å². The molecule has 0 aliphatic rings. The maximum Gasteiger partial charge on any atom is 0.251 e. The number of methoxy groups -OCH3 is 1. The molecule has 106 valence electrons. The van der Waals surface area contributed by atoms with Crippen molar-refractivity contribution in [3.05, 3.63) is 35.4 Å². The number of hydrogen-bond acceptors (Lipinski definition) is 4. The summed E-state index contributed by atoms with van der Waals surface area (Å²) >= 11 is 0. The maximum absolute atomic E-state index is 11.8. The Morgan fingerprint density at radius 2 is 1.89 bits per heavy atom. The number of hydrogen-bond donors (Lipinski definition) is 2. The Labute approximate surface area is 114 Å². The van der Waals surface area contributed by atoms with Crippen LogP contribution in [0.25, 0.3) is 0 Å². The fourth-order valence-corrected chi connectivity index (χ4v) is 1.56. The molecule has 0 radical (unpaired) electrons. The van der Waals surface area contributed by atoms with Crippen molar-refractivity contribution in [3.8, 4) is 0 Å². The van der Waals surface area contributed by atoms with Crippen molar-refractivity contribution in [3.63, 3.8) is 0 Å². The van der Waals surface area contributed by atoms with Crippen molar-refractivity contribution in [2.24, 2.45) is 0 Å². The highest BCUT2D eigenvalue weighted by atomic mass is 16.5. The first-order chi connectivity index (χ1) is 9.27. The first-order valence-corrected chi connectivity index (χ1v) is 6.36. The van der Waals surface area contributed by atoms with Crippen LogP contribution < -0.4 is 10.6 Å². The minimum absolute atomic E-state index is 0.0775. The summed E-state index contributed by atoms with van der Waals surface area (Å²) in [5.41, 5.74) is 1.82. The Morgan fingerprint density at radius 1 is 1.16 bits per heavy atom. The summed E-state index contributed by atoms with van der Waals surface area (Å²) < 4.78 is 10.1. The fraction of sp³-hybridized carbons (Fsp3) is 0.500. The van der Waals surface area contributed by atoms with Crippen molar-refractivity contribution in [1.29, 1.82) is 0 Å². The van der Waals surface area contributed by atoms with Crippen LogP contribution in [0.4, 0.5) is 0 Å². The molecule has 1 aromatic rings. The zero-order valence-corrected chi connectivity index (χ0v) is 11.6. The predicted molar refractivity (Wildman–Crippen MR) is 74.2 cm³/mol. The highest BCUT2D eigenvalue weighted by Crippen LogP contribution is 2.03. The molecule has 0 aliphatic heterocycles. The van der Waals surface area contributed by atoms with Crippen LogP contribution in [0, 0.1) is 0 Å². The van der Waals surface area contributed by atoms with Gasteiger partial charge < -0.3 is 20.1 Å². The van der Waals surface area contributed by atoms with Crippen molar-refractivity contribution < 1.29 is 14.3 Å². The van der Waals surface area contributed by atoms with E-state index in [9.17, 15) is 4.79 Å². The Morgan fingerprint density at radius 3 is 2.53 bits per heavy atom. The molecule has 0 aliphatic carbocycles. The van der Waals surface area contributed by atoms with Gasteiger partial charge in [-0.25, -0.2) is 0 Å². The predicted octanol–water partition coefficient (Wildman–Crippen LogP) is 0.799. The number of nitrogens with one attached hydrogen (secondary N) is 2. The summed E-state index contributed by atoms with van der Waals surface area (Å²) in [6.45, 7) is 2.91. The van der Waals surface area contributed by atoms with Crippen molar-refractivity contribution >= 4 is 5.91 Å². The number of ether oxygens (including phenoxy) is 2. The summed E-state index contributed by atoms with van der Waals surface area (Å²) in [5.74, 6) is -0.0775. The van der Waals surface area contributed by atoms with Crippen LogP contribution in [0.3, 0.4) is 0 Å². The smallest absolute Gasteiger partial charge is 0.251 e. The van der Waals surface area contributed by atoms with Crippen LogP contribution in [0.2, 0.25) is 0 Å². The Hall–Kier alpha value is -1.43. The summed E-state index contributed by atoms with van der Waals surface area (Å²) in [4.78, 5) is 11.8. The van der Waals surface area contributed by atoms with Gasteiger partial charge in [-0.05, 0) is 24.7 Å². The third-order valence-corrected chi connectivity index (χ3v) is 2.56. The minimum Gasteiger partial charge on any atom is -0.382 e. The number of rotatable bonds is 9. The molecule has 2 N–H and O–H groups in total. The lowest BCUT2D eigenvalue weighted by atomic mass is 10.1. The summed E-state index contributed by atoms with van der Waals surface area (Å²) in [6.07, 6.45) is 0. The molecule has 5 heteroatoms. The van der Waals surface area contributed by atoms with E-state index in [1.165, 1.54) is 0 Å². The van der Waals surface area contributed by atoms with Crippen LogP contribution in [-0.4, -0.2) is 46.4 Å². The van der Waals surface area contributed by atoms with E-state index in [1.54, 1.807) is 7.11 Å². The second-order valence-corrected chi connectivity index (χ2v) is 4.09. The van der Waals surface area contributed by atoms with E-state index in [4.69, 9.17) is 9.47 Å². The van der Waals surface area contributed by atoms with E-state index in [2.05, 4.69) is 10.6 Å². The average Bonchev–Trinajstić information content (AvgIpc) is 2.43. The molecule has 5 nitrogen and oxygen atoms in total. The number of amides is 1. The highest BCUT2D eigenvalue weighted by Gasteiger charge is 2.04. The SMILES string of the molecule is CNCc1ccc(C(=O)NCCOCCOC)cc1. The van der Waals surface area contributed by atoms with E-state index < -0.39 is 0 Å². The Balaban J connectivity index is 2.25. The molecular formula is C14H22N2O3. The van der Waals surface area contributed by atoms with E-state index in [1.807, 2.05) is 31.3 Å². The van der Waals surface area contributed by atoms with Crippen molar-refractivity contribution in [2.45, 2.75) is 6.54 Å². The lowest BCUT2D eigenvalue weighted by Crippen LogP contribution is -2.27. The average molecular weight is 266 g/mol. The van der Waals surface area contributed by atoms with Gasteiger partial charge in [0.25, 0.3) is 5.91 Å². The van der Waals surface area contributed by atoms with Gasteiger partial charge in [0.1, 0.15) is 0 Å². The molecule has 0 aromatic heterocycles. The lowest BCUT2D eigenvalue weighted by Gasteiger charge is -2.07. The van der Waals surface area contributed by atoms with E-state index in [0.29, 0.717) is 31.9 Å². The molecule has 0 spiro atoms. The quantitative estimate of drug-likeness (QED) is 0.649. The lowest BCUT2D eigenvalue weighted by molar-refractivity contribution is 0.0692. The van der Waals surface area contributed by atoms with Gasteiger partial charge >= 0.3 is 0 Å². The normalized spacial score (nSPS) is 10.4. The second-order valence-electron chi connectivity index (χ2n) is 4.09. The molecule has 0 fully saturated rings. The van der Waals surface area contributed by atoms with Gasteiger partial charge in [-0.3, -0.25) is 4.79 Å². The molecule has 0 saturated carbocycles. The number of carbonyl (C=O) groups excluding carboxylic acids is 1. The second kappa shape index (κ2) is 9.49. The van der Waals surface area contributed by atoms with E-state index >= 15 is 0 Å². The van der Waals surface area contributed by atoms with Crippen LogP contribution in [0.1, 0.15) is 15.9 Å². The number of benzene rings is 1. The molecule has 0 saturated heterocycles. The minimum atomic E-state index is -0.0775. The largest absolute Gasteiger partial charge is 0.382 e. The van der Waals surface area contributed by atoms with Crippen LogP contribution in [-0.2, 0) is 16.0 Å². The third kappa shape index (κ3) is 6.33. The standard InChI is InChI=1S/C14H22N2O3/c1-15-11-12-3-5-13(6-4-12)14(17)16-7-8-19-10-9-18-2/h3-6,15H,7-11H2,1-2H3,(H,16,17). The first-order valence-electron chi connectivity index (χ1n) is 6.36. The van der Waals surface area contributed by atoms with Crippen LogP contribution in [0.15, 0.2) is 24.3 Å². The molecule has 1 aromatic carbocycles. The summed E-state index contributed by atoms with van der Waals surface area (Å²) in [5, 5.41) is 5.87. The molecule has 1 rings (SSSR count). The Bertz CT molecular complexity index is 365. The molecule has 0 heterocycles. The Kier molecular flexibility index (Phi) is 7.81. The van der Waals surface area contributed by atoms with Gasteiger partial charge in [0, 0.05) is 25.8 Å². The van der Waals surface area contributed by atoms with Gasteiger partial charge in [-0.2, -0.15) is 0 Å². The number of carbonyl (C=O) groups is 1. The van der Waals surface area contributed by atoms with Crippen LogP contribution in [0.5, 0.6) is 0 Å². The van der Waals surface area contributed by atoms with E-state index in [-0.39, 0.29) is 5.91 Å². The molecular weight excluding hydrogens is 244 g/mol. The third-order valence-electron chi connectivity index (χ3n) is 2.56. The summed E-state index contributed by atoms with van der Waals surface area (Å²) in [6, 6.07) is 7.54. The van der Waals surface area contributed by atoms with Crippen molar-refractivity contribution in [2.75, 3.05) is 40.5 Å². The zero-order valence-electron chi connectivity index (χ0n) is 11.6. The van der Waals surface area contributed by atoms with E-state index in [0.717, 1.165) is 12.1 Å². The van der Waals surface area contributed by atoms with Gasteiger partial charge in [-0.15, -0.1) is 0 Å². The molecule has 0 unspecified atom stereocenters. The van der Waals surface area contributed by atoms with Crippen molar-refractivity contribution in [1.82, 2.24) is 10.6 Å².